The van der Waals surface area contributed by atoms with Gasteiger partial charge in [-0.3, -0.25) is 4.79 Å². The van der Waals surface area contributed by atoms with Crippen LogP contribution in [0.25, 0.3) is 0 Å². The Hall–Kier alpha value is -1.88. The van der Waals surface area contributed by atoms with E-state index in [1.165, 1.54) is 12.7 Å². The van der Waals surface area contributed by atoms with E-state index >= 15 is 0 Å². The van der Waals surface area contributed by atoms with Crippen molar-refractivity contribution in [3.63, 3.8) is 0 Å². The van der Waals surface area contributed by atoms with Crippen molar-refractivity contribution in [1.82, 2.24) is 5.32 Å². The summed E-state index contributed by atoms with van der Waals surface area (Å²) in [5.41, 5.74) is 2.34. The van der Waals surface area contributed by atoms with Gasteiger partial charge in [-0.2, -0.15) is 0 Å². The number of carbonyl (C=O) groups excluding carboxylic acids is 2. The average Bonchev–Trinajstić information content (AvgIpc) is 2.56. The number of rotatable bonds is 5. The second-order valence-corrected chi connectivity index (χ2v) is 5.98. The lowest BCUT2D eigenvalue weighted by Crippen LogP contribution is -2.58. The molecule has 0 atom stereocenters. The van der Waals surface area contributed by atoms with Gasteiger partial charge in [-0.1, -0.05) is 25.1 Å². The van der Waals surface area contributed by atoms with Gasteiger partial charge < -0.3 is 14.8 Å². The summed E-state index contributed by atoms with van der Waals surface area (Å²) in [6.07, 6.45) is 2.04. The smallest absolute Gasteiger partial charge is 0.331 e. The maximum absolute atomic E-state index is 12.6. The fraction of sp³-hybridized carbons (Fsp3) is 0.556. The maximum Gasteiger partial charge on any atom is 0.331 e. The molecule has 126 valence electrons. The number of aryl methyl sites for hydroxylation is 2. The van der Waals surface area contributed by atoms with Crippen LogP contribution in [-0.4, -0.2) is 37.7 Å². The third-order valence-electron chi connectivity index (χ3n) is 4.53. The topological polar surface area (TPSA) is 64.6 Å². The summed E-state index contributed by atoms with van der Waals surface area (Å²) < 4.78 is 10.2. The average molecular weight is 319 g/mol. The Labute approximate surface area is 137 Å². The Morgan fingerprint density at radius 2 is 2.00 bits per heavy atom. The van der Waals surface area contributed by atoms with Crippen LogP contribution in [0.2, 0.25) is 0 Å². The first-order valence-corrected chi connectivity index (χ1v) is 8.07. The highest BCUT2D eigenvalue weighted by Crippen LogP contribution is 2.23. The number of methoxy groups -OCH3 is 1. The normalized spacial score (nSPS) is 16.7. The molecule has 5 nitrogen and oxygen atoms in total. The van der Waals surface area contributed by atoms with Crippen LogP contribution in [0.5, 0.6) is 0 Å². The molecule has 1 saturated heterocycles. The minimum absolute atomic E-state index is 0.152. The van der Waals surface area contributed by atoms with Crippen LogP contribution in [0, 0.1) is 6.92 Å². The van der Waals surface area contributed by atoms with E-state index in [-0.39, 0.29) is 12.3 Å². The SMILES string of the molecule is CCc1cccc(C)c1CC(=O)NC1(C(=O)OC)CCOCC1. The first-order valence-electron chi connectivity index (χ1n) is 8.07. The van der Waals surface area contributed by atoms with Crippen LogP contribution in [0.4, 0.5) is 0 Å². The molecule has 23 heavy (non-hydrogen) atoms. The Morgan fingerprint density at radius 3 is 2.61 bits per heavy atom. The molecule has 1 aliphatic heterocycles. The quantitative estimate of drug-likeness (QED) is 0.843. The molecule has 1 heterocycles. The van der Waals surface area contributed by atoms with Gasteiger partial charge in [-0.15, -0.1) is 0 Å². The number of ether oxygens (including phenoxy) is 2. The summed E-state index contributed by atoms with van der Waals surface area (Å²) in [6.45, 7) is 4.97. The van der Waals surface area contributed by atoms with E-state index in [4.69, 9.17) is 9.47 Å². The highest BCUT2D eigenvalue weighted by Gasteiger charge is 2.42. The molecule has 0 spiro atoms. The third-order valence-corrected chi connectivity index (χ3v) is 4.53. The lowest BCUT2D eigenvalue weighted by atomic mass is 9.89. The molecule has 1 fully saturated rings. The number of carbonyl (C=O) groups is 2. The molecule has 5 heteroatoms. The summed E-state index contributed by atoms with van der Waals surface area (Å²) in [7, 11) is 1.35. The maximum atomic E-state index is 12.6. The van der Waals surface area contributed by atoms with Gasteiger partial charge in [0.05, 0.1) is 13.5 Å². The molecule has 2 rings (SSSR count). The van der Waals surface area contributed by atoms with E-state index in [2.05, 4.69) is 12.2 Å². The fourth-order valence-corrected chi connectivity index (χ4v) is 3.11. The molecule has 0 aliphatic carbocycles. The number of benzene rings is 1. The summed E-state index contributed by atoms with van der Waals surface area (Å²) in [6, 6.07) is 6.05. The van der Waals surface area contributed by atoms with Gasteiger partial charge >= 0.3 is 5.97 Å². The molecular formula is C18H25NO4. The van der Waals surface area contributed by atoms with E-state index in [9.17, 15) is 9.59 Å². The molecule has 0 aromatic heterocycles. The second-order valence-electron chi connectivity index (χ2n) is 5.98. The van der Waals surface area contributed by atoms with Crippen molar-refractivity contribution in [3.05, 3.63) is 34.9 Å². The van der Waals surface area contributed by atoms with Crippen molar-refractivity contribution >= 4 is 11.9 Å². The molecule has 0 saturated carbocycles. The Balaban J connectivity index is 2.16. The van der Waals surface area contributed by atoms with Crippen molar-refractivity contribution in [2.45, 2.75) is 45.1 Å². The monoisotopic (exact) mass is 319 g/mol. The van der Waals surface area contributed by atoms with E-state index in [1.54, 1.807) is 0 Å². The molecule has 1 aromatic rings. The Morgan fingerprint density at radius 1 is 1.30 bits per heavy atom. The zero-order chi connectivity index (χ0) is 16.9. The van der Waals surface area contributed by atoms with E-state index in [1.807, 2.05) is 25.1 Å². The molecule has 1 aromatic carbocycles. The third kappa shape index (κ3) is 3.91. The van der Waals surface area contributed by atoms with Crippen LogP contribution in [0.3, 0.4) is 0 Å². The molecule has 1 amide bonds. The molecular weight excluding hydrogens is 294 g/mol. The highest BCUT2D eigenvalue weighted by atomic mass is 16.5. The Kier molecular flexibility index (Phi) is 5.77. The number of nitrogens with one attached hydrogen (secondary N) is 1. The zero-order valence-electron chi connectivity index (χ0n) is 14.1. The number of hydrogen-bond donors (Lipinski definition) is 1. The van der Waals surface area contributed by atoms with E-state index < -0.39 is 11.5 Å². The lowest BCUT2D eigenvalue weighted by molar-refractivity contribution is -0.155. The predicted molar refractivity (Wildman–Crippen MR) is 87.2 cm³/mol. The van der Waals surface area contributed by atoms with Gasteiger partial charge in [0.2, 0.25) is 5.91 Å². The minimum atomic E-state index is -0.959. The van der Waals surface area contributed by atoms with Gasteiger partial charge in [0, 0.05) is 26.1 Å². The highest BCUT2D eigenvalue weighted by molar-refractivity contribution is 5.89. The van der Waals surface area contributed by atoms with Gasteiger partial charge in [-0.25, -0.2) is 4.79 Å². The minimum Gasteiger partial charge on any atom is -0.467 e. The summed E-state index contributed by atoms with van der Waals surface area (Å²) >= 11 is 0. The Bertz CT molecular complexity index is 576. The molecule has 0 radical (unpaired) electrons. The first-order chi connectivity index (χ1) is 11.0. The zero-order valence-corrected chi connectivity index (χ0v) is 14.1. The van der Waals surface area contributed by atoms with Crippen LogP contribution < -0.4 is 5.32 Å². The summed E-state index contributed by atoms with van der Waals surface area (Å²) in [5, 5.41) is 2.92. The van der Waals surface area contributed by atoms with Crippen molar-refractivity contribution < 1.29 is 19.1 Å². The van der Waals surface area contributed by atoms with Crippen LogP contribution in [0.15, 0.2) is 18.2 Å². The number of amides is 1. The summed E-state index contributed by atoms with van der Waals surface area (Å²) in [5.74, 6) is -0.545. The van der Waals surface area contributed by atoms with Gasteiger partial charge in [0.1, 0.15) is 5.54 Å². The van der Waals surface area contributed by atoms with Gasteiger partial charge in [0.15, 0.2) is 0 Å². The van der Waals surface area contributed by atoms with Crippen LogP contribution >= 0.6 is 0 Å². The van der Waals surface area contributed by atoms with E-state index in [0.29, 0.717) is 26.1 Å². The number of hydrogen-bond acceptors (Lipinski definition) is 4. The summed E-state index contributed by atoms with van der Waals surface area (Å²) in [4.78, 5) is 24.7. The van der Waals surface area contributed by atoms with Crippen LogP contribution in [0.1, 0.15) is 36.5 Å². The van der Waals surface area contributed by atoms with Crippen molar-refractivity contribution in [3.8, 4) is 0 Å². The fourth-order valence-electron chi connectivity index (χ4n) is 3.11. The van der Waals surface area contributed by atoms with Crippen molar-refractivity contribution in [1.29, 1.82) is 0 Å². The van der Waals surface area contributed by atoms with Gasteiger partial charge in [-0.05, 0) is 30.0 Å². The van der Waals surface area contributed by atoms with E-state index in [0.717, 1.165) is 17.5 Å². The second kappa shape index (κ2) is 7.59. The molecule has 0 unspecified atom stereocenters. The molecule has 1 aliphatic rings. The molecule has 0 bridgehead atoms. The lowest BCUT2D eigenvalue weighted by Gasteiger charge is -2.35. The predicted octanol–water partition coefficient (Wildman–Crippen LogP) is 1.94. The largest absolute Gasteiger partial charge is 0.467 e. The standard InChI is InChI=1S/C18H25NO4/c1-4-14-7-5-6-13(2)15(14)12-16(20)19-18(17(21)22-3)8-10-23-11-9-18/h5-7H,4,8-12H2,1-3H3,(H,19,20). The van der Waals surface area contributed by atoms with Crippen molar-refractivity contribution in [2.24, 2.45) is 0 Å². The molecule has 1 N–H and O–H groups in total. The van der Waals surface area contributed by atoms with Crippen LogP contribution in [-0.2, 0) is 31.9 Å². The number of esters is 1. The van der Waals surface area contributed by atoms with Crippen molar-refractivity contribution in [2.75, 3.05) is 20.3 Å². The van der Waals surface area contributed by atoms with Gasteiger partial charge in [0.25, 0.3) is 0 Å². The first kappa shape index (κ1) is 17.5.